The van der Waals surface area contributed by atoms with Crippen molar-refractivity contribution in [1.29, 1.82) is 0 Å². The van der Waals surface area contributed by atoms with Gasteiger partial charge in [-0.25, -0.2) is 9.78 Å². The summed E-state index contributed by atoms with van der Waals surface area (Å²) in [5.41, 5.74) is 0.0158. The van der Waals surface area contributed by atoms with Crippen LogP contribution in [0.5, 0.6) is 0 Å². The van der Waals surface area contributed by atoms with E-state index in [-0.39, 0.29) is 23.7 Å². The van der Waals surface area contributed by atoms with Gasteiger partial charge in [-0.05, 0) is 20.4 Å². The highest BCUT2D eigenvalue weighted by Gasteiger charge is 2.16. The SMILES string of the molecule is CCNC(C)CC(=O)NC(C)c1nc(C(=O)O)cs1. The van der Waals surface area contributed by atoms with E-state index in [1.165, 1.54) is 16.7 Å². The number of amides is 1. The number of hydrogen-bond donors (Lipinski definition) is 3. The van der Waals surface area contributed by atoms with E-state index in [0.717, 1.165) is 6.54 Å². The summed E-state index contributed by atoms with van der Waals surface area (Å²) in [5.74, 6) is -1.13. The van der Waals surface area contributed by atoms with Crippen LogP contribution in [0.1, 0.15) is 48.7 Å². The Hall–Kier alpha value is -1.47. The average Bonchev–Trinajstić information content (AvgIpc) is 2.77. The van der Waals surface area contributed by atoms with Gasteiger partial charge >= 0.3 is 5.97 Å². The van der Waals surface area contributed by atoms with Crippen LogP contribution in [0.25, 0.3) is 0 Å². The van der Waals surface area contributed by atoms with Crippen LogP contribution >= 0.6 is 11.3 Å². The molecule has 1 aromatic heterocycles. The van der Waals surface area contributed by atoms with Crippen molar-refractivity contribution in [3.63, 3.8) is 0 Å². The topological polar surface area (TPSA) is 91.3 Å². The maximum absolute atomic E-state index is 11.8. The Kier molecular flexibility index (Phi) is 5.91. The lowest BCUT2D eigenvalue weighted by Gasteiger charge is -2.15. The van der Waals surface area contributed by atoms with Gasteiger partial charge < -0.3 is 15.7 Å². The second-order valence-electron chi connectivity index (χ2n) is 4.33. The zero-order chi connectivity index (χ0) is 14.4. The normalized spacial score (nSPS) is 13.8. The molecule has 19 heavy (non-hydrogen) atoms. The van der Waals surface area contributed by atoms with Crippen molar-refractivity contribution in [1.82, 2.24) is 15.6 Å². The number of rotatable bonds is 7. The van der Waals surface area contributed by atoms with Gasteiger partial charge in [0.05, 0.1) is 6.04 Å². The predicted octanol–water partition coefficient (Wildman–Crippen LogP) is 1.41. The molecule has 1 amide bonds. The highest BCUT2D eigenvalue weighted by atomic mass is 32.1. The van der Waals surface area contributed by atoms with Crippen LogP contribution in [-0.2, 0) is 4.79 Å². The number of nitrogens with one attached hydrogen (secondary N) is 2. The van der Waals surface area contributed by atoms with Crippen LogP contribution in [-0.4, -0.2) is 34.6 Å². The molecule has 0 saturated heterocycles. The predicted molar refractivity (Wildman–Crippen MR) is 73.4 cm³/mol. The van der Waals surface area contributed by atoms with E-state index in [0.29, 0.717) is 11.4 Å². The Morgan fingerprint density at radius 2 is 2.16 bits per heavy atom. The van der Waals surface area contributed by atoms with Gasteiger partial charge in [0, 0.05) is 17.8 Å². The Morgan fingerprint density at radius 3 is 2.68 bits per heavy atom. The smallest absolute Gasteiger partial charge is 0.355 e. The summed E-state index contributed by atoms with van der Waals surface area (Å²) in [6.45, 7) is 6.54. The molecule has 1 heterocycles. The third kappa shape index (κ3) is 4.96. The molecule has 0 fully saturated rings. The monoisotopic (exact) mass is 285 g/mol. The summed E-state index contributed by atoms with van der Waals surface area (Å²) < 4.78 is 0. The van der Waals surface area contributed by atoms with Gasteiger partial charge in [-0.2, -0.15) is 0 Å². The Balaban J connectivity index is 2.51. The van der Waals surface area contributed by atoms with E-state index in [9.17, 15) is 9.59 Å². The molecule has 1 aromatic rings. The number of carbonyl (C=O) groups excluding carboxylic acids is 1. The molecule has 0 aliphatic heterocycles. The number of thiazole rings is 1. The second kappa shape index (κ2) is 7.20. The molecule has 2 atom stereocenters. The fourth-order valence-electron chi connectivity index (χ4n) is 1.65. The summed E-state index contributed by atoms with van der Waals surface area (Å²) >= 11 is 1.23. The van der Waals surface area contributed by atoms with Gasteiger partial charge in [-0.3, -0.25) is 4.79 Å². The van der Waals surface area contributed by atoms with Gasteiger partial charge in [0.1, 0.15) is 5.01 Å². The average molecular weight is 285 g/mol. The molecular formula is C12H19N3O3S. The standard InChI is InChI=1S/C12H19N3O3S/c1-4-13-7(2)5-10(16)14-8(3)11-15-9(6-19-11)12(17)18/h6-8,13H,4-5H2,1-3H3,(H,14,16)(H,17,18). The summed E-state index contributed by atoms with van der Waals surface area (Å²) in [6, 6.07) is -0.164. The minimum absolute atomic E-state index is 0.0158. The van der Waals surface area contributed by atoms with Crippen LogP contribution < -0.4 is 10.6 Å². The Bertz CT molecular complexity index is 447. The van der Waals surface area contributed by atoms with Gasteiger partial charge in [0.2, 0.25) is 5.91 Å². The summed E-state index contributed by atoms with van der Waals surface area (Å²) in [7, 11) is 0. The molecule has 106 valence electrons. The number of aromatic nitrogens is 1. The van der Waals surface area contributed by atoms with Crippen molar-refractivity contribution >= 4 is 23.2 Å². The minimum Gasteiger partial charge on any atom is -0.476 e. The fourth-order valence-corrected chi connectivity index (χ4v) is 2.45. The summed E-state index contributed by atoms with van der Waals surface area (Å²) in [5, 5.41) is 16.8. The quantitative estimate of drug-likeness (QED) is 0.704. The fraction of sp³-hybridized carbons (Fsp3) is 0.583. The highest BCUT2D eigenvalue weighted by Crippen LogP contribution is 2.18. The molecule has 0 aliphatic rings. The Morgan fingerprint density at radius 1 is 1.47 bits per heavy atom. The zero-order valence-electron chi connectivity index (χ0n) is 11.3. The lowest BCUT2D eigenvalue weighted by molar-refractivity contribution is -0.122. The molecule has 0 spiro atoms. The molecule has 7 heteroatoms. The van der Waals surface area contributed by atoms with Crippen molar-refractivity contribution in [3.8, 4) is 0 Å². The third-order valence-electron chi connectivity index (χ3n) is 2.53. The number of carbonyl (C=O) groups is 2. The van der Waals surface area contributed by atoms with Crippen molar-refractivity contribution in [2.75, 3.05) is 6.54 Å². The lowest BCUT2D eigenvalue weighted by Crippen LogP contribution is -2.34. The van der Waals surface area contributed by atoms with Crippen LogP contribution in [0.4, 0.5) is 0 Å². The molecule has 0 aliphatic carbocycles. The lowest BCUT2D eigenvalue weighted by atomic mass is 10.2. The van der Waals surface area contributed by atoms with E-state index in [1.54, 1.807) is 6.92 Å². The molecule has 2 unspecified atom stereocenters. The number of aromatic carboxylic acids is 1. The number of carboxylic acid groups (broad SMARTS) is 1. The maximum Gasteiger partial charge on any atom is 0.355 e. The summed E-state index contributed by atoms with van der Waals surface area (Å²) in [4.78, 5) is 26.5. The van der Waals surface area contributed by atoms with Crippen LogP contribution in [0.2, 0.25) is 0 Å². The van der Waals surface area contributed by atoms with Crippen molar-refractivity contribution in [3.05, 3.63) is 16.1 Å². The van der Waals surface area contributed by atoms with Gasteiger partial charge in [0.15, 0.2) is 5.69 Å². The van der Waals surface area contributed by atoms with E-state index >= 15 is 0 Å². The first-order chi connectivity index (χ1) is 8.93. The van der Waals surface area contributed by atoms with E-state index in [1.807, 2.05) is 13.8 Å². The van der Waals surface area contributed by atoms with Crippen LogP contribution in [0, 0.1) is 0 Å². The summed E-state index contributed by atoms with van der Waals surface area (Å²) in [6.07, 6.45) is 0.384. The molecule has 0 bridgehead atoms. The molecule has 6 nitrogen and oxygen atoms in total. The molecule has 0 saturated carbocycles. The van der Waals surface area contributed by atoms with E-state index in [2.05, 4.69) is 15.6 Å². The van der Waals surface area contributed by atoms with Crippen molar-refractivity contribution in [2.45, 2.75) is 39.3 Å². The third-order valence-corrected chi connectivity index (χ3v) is 3.56. The zero-order valence-corrected chi connectivity index (χ0v) is 12.1. The van der Waals surface area contributed by atoms with E-state index < -0.39 is 5.97 Å². The molecule has 0 aromatic carbocycles. The van der Waals surface area contributed by atoms with Crippen LogP contribution in [0.3, 0.4) is 0 Å². The van der Waals surface area contributed by atoms with E-state index in [4.69, 9.17) is 5.11 Å². The molecule has 1 rings (SSSR count). The minimum atomic E-state index is -1.05. The number of carboxylic acids is 1. The largest absolute Gasteiger partial charge is 0.476 e. The Labute approximate surface area is 116 Å². The number of hydrogen-bond acceptors (Lipinski definition) is 5. The van der Waals surface area contributed by atoms with Crippen molar-refractivity contribution in [2.24, 2.45) is 0 Å². The van der Waals surface area contributed by atoms with Gasteiger partial charge in [-0.1, -0.05) is 6.92 Å². The molecule has 0 radical (unpaired) electrons. The van der Waals surface area contributed by atoms with Crippen molar-refractivity contribution < 1.29 is 14.7 Å². The molecule has 3 N–H and O–H groups in total. The van der Waals surface area contributed by atoms with Crippen LogP contribution in [0.15, 0.2) is 5.38 Å². The van der Waals surface area contributed by atoms with Gasteiger partial charge in [0.25, 0.3) is 0 Å². The molecular weight excluding hydrogens is 266 g/mol. The maximum atomic E-state index is 11.8. The second-order valence-corrected chi connectivity index (χ2v) is 5.22. The first kappa shape index (κ1) is 15.6. The first-order valence-corrected chi connectivity index (χ1v) is 7.03. The van der Waals surface area contributed by atoms with Gasteiger partial charge in [-0.15, -0.1) is 11.3 Å². The first-order valence-electron chi connectivity index (χ1n) is 6.15. The highest BCUT2D eigenvalue weighted by molar-refractivity contribution is 7.09. The number of nitrogens with zero attached hydrogens (tertiary/aromatic N) is 1.